The van der Waals surface area contributed by atoms with Gasteiger partial charge in [0.1, 0.15) is 0 Å². The Bertz CT molecular complexity index is 908. The highest BCUT2D eigenvalue weighted by Crippen LogP contribution is 2.26. The van der Waals surface area contributed by atoms with Crippen molar-refractivity contribution in [3.8, 4) is 0 Å². The smallest absolute Gasteiger partial charge is 0.339 e. The molecule has 0 saturated heterocycles. The highest BCUT2D eigenvalue weighted by molar-refractivity contribution is 8.14. The van der Waals surface area contributed by atoms with E-state index in [9.17, 15) is 4.79 Å². The van der Waals surface area contributed by atoms with Gasteiger partial charge in [0.2, 0.25) is 0 Å². The normalized spacial score (nSPS) is 15.6. The van der Waals surface area contributed by atoms with Crippen LogP contribution in [0.15, 0.2) is 28.3 Å². The predicted molar refractivity (Wildman–Crippen MR) is 107 cm³/mol. The van der Waals surface area contributed by atoms with Crippen LogP contribution < -0.4 is 5.43 Å². The quantitative estimate of drug-likeness (QED) is 0.806. The molecule has 26 heavy (non-hydrogen) atoms. The average molecular weight is 370 g/mol. The molecule has 7 heteroatoms. The van der Waals surface area contributed by atoms with Gasteiger partial charge in [0.25, 0.3) is 0 Å². The number of aliphatic imine (C=N–C) groups is 1. The molecular formula is C19H22N4O2S. The van der Waals surface area contributed by atoms with Gasteiger partial charge in [-0.1, -0.05) is 30.0 Å². The number of aromatic amines is 1. The number of nitrogens with one attached hydrogen (secondary N) is 2. The zero-order valence-corrected chi connectivity index (χ0v) is 16.4. The van der Waals surface area contributed by atoms with Gasteiger partial charge in [-0.25, -0.2) is 9.79 Å². The fourth-order valence-corrected chi connectivity index (χ4v) is 3.78. The Kier molecular flexibility index (Phi) is 5.18. The molecule has 6 nitrogen and oxygen atoms in total. The van der Waals surface area contributed by atoms with Gasteiger partial charge in [-0.15, -0.1) is 0 Å². The second kappa shape index (κ2) is 7.37. The van der Waals surface area contributed by atoms with Crippen molar-refractivity contribution < 1.29 is 9.53 Å². The molecule has 0 amide bonds. The molecule has 1 aromatic heterocycles. The number of hydrazone groups is 1. The minimum absolute atomic E-state index is 0.336. The average Bonchev–Trinajstić information content (AvgIpc) is 2.92. The third-order valence-electron chi connectivity index (χ3n) is 4.40. The Balaban J connectivity index is 1.87. The number of thioether (sulfide) groups is 1. The molecule has 136 valence electrons. The van der Waals surface area contributed by atoms with Crippen molar-refractivity contribution in [2.45, 2.75) is 27.7 Å². The standard InChI is InChI=1S/C19H22N4O2S/c1-10-7-6-8-11(2)16(10)21-19-23-22-14(9-26-19)17-12(3)15(13(4)20-17)18(24)25-5/h6-8,20H,9H2,1-5H3,(H,21,23). The lowest BCUT2D eigenvalue weighted by molar-refractivity contribution is 0.0599. The van der Waals surface area contributed by atoms with Crippen molar-refractivity contribution in [3.05, 3.63) is 51.8 Å². The maximum absolute atomic E-state index is 11.9. The van der Waals surface area contributed by atoms with Gasteiger partial charge in [0.05, 0.1) is 29.8 Å². The number of para-hydroxylation sites is 1. The van der Waals surface area contributed by atoms with Gasteiger partial charge in [-0.2, -0.15) is 5.10 Å². The van der Waals surface area contributed by atoms with Gasteiger partial charge in [-0.3, -0.25) is 5.43 Å². The van der Waals surface area contributed by atoms with Crippen LogP contribution in [0.1, 0.15) is 38.4 Å². The number of methoxy groups -OCH3 is 1. The van der Waals surface area contributed by atoms with Crippen LogP contribution in [0, 0.1) is 27.7 Å². The highest BCUT2D eigenvalue weighted by Gasteiger charge is 2.23. The van der Waals surface area contributed by atoms with Crippen LogP contribution >= 0.6 is 11.8 Å². The molecule has 0 bridgehead atoms. The Morgan fingerprint density at radius 2 is 1.92 bits per heavy atom. The van der Waals surface area contributed by atoms with Crippen molar-refractivity contribution >= 4 is 34.3 Å². The summed E-state index contributed by atoms with van der Waals surface area (Å²) in [6, 6.07) is 6.13. The van der Waals surface area contributed by atoms with E-state index in [1.807, 2.05) is 45.9 Å². The number of carbonyl (C=O) groups excluding carboxylic acids is 1. The van der Waals surface area contributed by atoms with E-state index >= 15 is 0 Å². The molecule has 3 rings (SSSR count). The zero-order chi connectivity index (χ0) is 18.8. The van der Waals surface area contributed by atoms with Gasteiger partial charge in [-0.05, 0) is 44.4 Å². The molecule has 1 aliphatic heterocycles. The third kappa shape index (κ3) is 3.39. The number of benzene rings is 1. The molecule has 2 aromatic rings. The predicted octanol–water partition coefficient (Wildman–Crippen LogP) is 3.76. The Labute approximate surface area is 157 Å². The van der Waals surface area contributed by atoms with Gasteiger partial charge in [0, 0.05) is 11.4 Å². The fourth-order valence-electron chi connectivity index (χ4n) is 3.03. The van der Waals surface area contributed by atoms with Crippen LogP contribution in [0.2, 0.25) is 0 Å². The number of aromatic nitrogens is 1. The van der Waals surface area contributed by atoms with Crippen LogP contribution in [-0.4, -0.2) is 34.7 Å². The van der Waals surface area contributed by atoms with E-state index in [-0.39, 0.29) is 5.97 Å². The number of aryl methyl sites for hydroxylation is 3. The molecular weight excluding hydrogens is 348 g/mol. The Morgan fingerprint density at radius 3 is 2.50 bits per heavy atom. The number of ether oxygens (including phenoxy) is 1. The van der Waals surface area contributed by atoms with E-state index in [4.69, 9.17) is 9.73 Å². The molecule has 1 aromatic carbocycles. The van der Waals surface area contributed by atoms with Crippen molar-refractivity contribution in [3.63, 3.8) is 0 Å². The zero-order valence-electron chi connectivity index (χ0n) is 15.6. The minimum Gasteiger partial charge on any atom is -0.465 e. The van der Waals surface area contributed by atoms with Crippen LogP contribution in [0.3, 0.4) is 0 Å². The first-order chi connectivity index (χ1) is 12.4. The Morgan fingerprint density at radius 1 is 1.23 bits per heavy atom. The largest absolute Gasteiger partial charge is 0.465 e. The van der Waals surface area contributed by atoms with Crippen LogP contribution in [-0.2, 0) is 4.74 Å². The molecule has 0 unspecified atom stereocenters. The van der Waals surface area contributed by atoms with E-state index in [0.29, 0.717) is 11.3 Å². The lowest BCUT2D eigenvalue weighted by atomic mass is 10.1. The molecule has 0 saturated carbocycles. The summed E-state index contributed by atoms with van der Waals surface area (Å²) < 4.78 is 4.87. The first-order valence-corrected chi connectivity index (χ1v) is 9.29. The van der Waals surface area contributed by atoms with Crippen LogP contribution in [0.25, 0.3) is 0 Å². The van der Waals surface area contributed by atoms with Crippen molar-refractivity contribution in [2.24, 2.45) is 10.1 Å². The van der Waals surface area contributed by atoms with Gasteiger partial charge in [0.15, 0.2) is 5.17 Å². The molecule has 0 fully saturated rings. The summed E-state index contributed by atoms with van der Waals surface area (Å²) in [7, 11) is 1.39. The Hall–Kier alpha value is -2.54. The number of carbonyl (C=O) groups is 1. The topological polar surface area (TPSA) is 78.8 Å². The summed E-state index contributed by atoms with van der Waals surface area (Å²) in [5, 5.41) is 5.23. The first-order valence-electron chi connectivity index (χ1n) is 8.30. The summed E-state index contributed by atoms with van der Waals surface area (Å²) in [6.07, 6.45) is 0. The summed E-state index contributed by atoms with van der Waals surface area (Å²) >= 11 is 1.59. The summed E-state index contributed by atoms with van der Waals surface area (Å²) in [5.74, 6) is 0.329. The van der Waals surface area contributed by atoms with E-state index in [1.54, 1.807) is 11.8 Å². The molecule has 0 atom stereocenters. The summed E-state index contributed by atoms with van der Waals surface area (Å²) in [5.41, 5.74) is 10.2. The second-order valence-corrected chi connectivity index (χ2v) is 7.20. The molecule has 0 radical (unpaired) electrons. The van der Waals surface area contributed by atoms with Crippen LogP contribution in [0.5, 0.6) is 0 Å². The second-order valence-electron chi connectivity index (χ2n) is 6.23. The number of H-pyrrole nitrogens is 1. The van der Waals surface area contributed by atoms with E-state index in [1.165, 1.54) is 7.11 Å². The molecule has 2 N–H and O–H groups in total. The maximum Gasteiger partial charge on any atom is 0.339 e. The monoisotopic (exact) mass is 370 g/mol. The van der Waals surface area contributed by atoms with E-state index < -0.39 is 0 Å². The number of esters is 1. The van der Waals surface area contributed by atoms with Crippen molar-refractivity contribution in [2.75, 3.05) is 12.9 Å². The van der Waals surface area contributed by atoms with E-state index in [0.717, 1.165) is 44.6 Å². The summed E-state index contributed by atoms with van der Waals surface area (Å²) in [6.45, 7) is 7.86. The lowest BCUT2D eigenvalue weighted by Crippen LogP contribution is -2.26. The van der Waals surface area contributed by atoms with Crippen LogP contribution in [0.4, 0.5) is 5.69 Å². The number of rotatable bonds is 3. The lowest BCUT2D eigenvalue weighted by Gasteiger charge is -2.15. The minimum atomic E-state index is -0.336. The van der Waals surface area contributed by atoms with Gasteiger partial charge < -0.3 is 9.72 Å². The van der Waals surface area contributed by atoms with Gasteiger partial charge >= 0.3 is 5.97 Å². The molecule has 0 spiro atoms. The highest BCUT2D eigenvalue weighted by atomic mass is 32.2. The third-order valence-corrected chi connectivity index (χ3v) is 5.27. The molecule has 1 aliphatic rings. The first kappa shape index (κ1) is 18.3. The number of amidine groups is 1. The maximum atomic E-state index is 11.9. The van der Waals surface area contributed by atoms with Crippen molar-refractivity contribution in [1.29, 1.82) is 0 Å². The fraction of sp³-hybridized carbons (Fsp3) is 0.316. The molecule has 2 heterocycles. The number of nitrogens with zero attached hydrogens (tertiary/aromatic N) is 2. The molecule has 0 aliphatic carbocycles. The van der Waals surface area contributed by atoms with Crippen molar-refractivity contribution in [1.82, 2.24) is 10.4 Å². The number of hydrogen-bond acceptors (Lipinski definition) is 5. The SMILES string of the molecule is COC(=O)c1c(C)[nH]c(C2=NNC(=Nc3c(C)cccc3C)SC2)c1C. The van der Waals surface area contributed by atoms with E-state index in [2.05, 4.69) is 15.5 Å². The number of hydrogen-bond donors (Lipinski definition) is 2. The summed E-state index contributed by atoms with van der Waals surface area (Å²) in [4.78, 5) is 19.9.